The maximum Gasteiger partial charge on any atom is 0.306 e. The van der Waals surface area contributed by atoms with Crippen LogP contribution in [0.15, 0.2) is 12.2 Å². The molecule has 44 heavy (non-hydrogen) atoms. The van der Waals surface area contributed by atoms with Crippen LogP contribution in [0.4, 0.5) is 0 Å². The van der Waals surface area contributed by atoms with Gasteiger partial charge in [-0.15, -0.1) is 0 Å². The Morgan fingerprint density at radius 3 is 1.75 bits per heavy atom. The van der Waals surface area contributed by atoms with E-state index >= 15 is 0 Å². The van der Waals surface area contributed by atoms with Crippen molar-refractivity contribution in [3.05, 3.63) is 12.2 Å². The van der Waals surface area contributed by atoms with Gasteiger partial charge >= 0.3 is 11.9 Å². The largest absolute Gasteiger partial charge is 0.756 e. The minimum Gasteiger partial charge on any atom is -0.756 e. The molecule has 0 aromatic carbocycles. The molecule has 0 N–H and O–H groups in total. The maximum atomic E-state index is 12.5. The van der Waals surface area contributed by atoms with E-state index in [-0.39, 0.29) is 26.1 Å². The lowest BCUT2D eigenvalue weighted by Gasteiger charge is -2.28. The smallest absolute Gasteiger partial charge is 0.306 e. The second kappa shape index (κ2) is 28.0. The second-order valence-corrected chi connectivity index (χ2v) is 14.3. The number of phosphoric acid groups is 1. The number of nitrogens with zero attached hydrogens (tertiary/aromatic N) is 1. The molecule has 0 bridgehead atoms. The van der Waals surface area contributed by atoms with Crippen molar-refractivity contribution in [1.29, 1.82) is 0 Å². The summed E-state index contributed by atoms with van der Waals surface area (Å²) in [6.07, 6.45) is 23.9. The third-order valence-corrected chi connectivity index (χ3v) is 8.25. The first-order chi connectivity index (χ1) is 21.0. The van der Waals surface area contributed by atoms with E-state index < -0.39 is 32.5 Å². The average molecular weight is 648 g/mol. The van der Waals surface area contributed by atoms with Gasteiger partial charge in [-0.3, -0.25) is 14.2 Å². The number of likely N-dealkylation sites (N-methyl/N-ethyl adjacent to an activating group) is 1. The lowest BCUT2D eigenvalue weighted by atomic mass is 10.1. The molecule has 2 atom stereocenters. The van der Waals surface area contributed by atoms with Gasteiger partial charge in [0.15, 0.2) is 6.10 Å². The molecule has 0 amide bonds. The molecule has 0 spiro atoms. The quantitative estimate of drug-likeness (QED) is 0.0244. The highest BCUT2D eigenvalue weighted by atomic mass is 31.2. The summed E-state index contributed by atoms with van der Waals surface area (Å²) in [5.41, 5.74) is 0. The zero-order valence-corrected chi connectivity index (χ0v) is 29.8. The molecular weight excluding hydrogens is 581 g/mol. The molecule has 9 nitrogen and oxygen atoms in total. The number of hydrogen-bond acceptors (Lipinski definition) is 8. The van der Waals surface area contributed by atoms with E-state index in [1.165, 1.54) is 44.9 Å². The number of carbonyl (C=O) groups is 2. The molecule has 260 valence electrons. The van der Waals surface area contributed by atoms with Crippen molar-refractivity contribution >= 4 is 19.8 Å². The Bertz CT molecular complexity index is 784. The molecule has 0 saturated heterocycles. The number of ether oxygens (including phenoxy) is 2. The maximum absolute atomic E-state index is 12.5. The third kappa shape index (κ3) is 30.8. The van der Waals surface area contributed by atoms with Crippen molar-refractivity contribution < 1.29 is 42.1 Å². The van der Waals surface area contributed by atoms with Crippen molar-refractivity contribution in [1.82, 2.24) is 0 Å². The minimum absolute atomic E-state index is 0.0298. The van der Waals surface area contributed by atoms with Crippen LogP contribution in [0.25, 0.3) is 0 Å². The Kier molecular flexibility index (Phi) is 27.2. The fourth-order valence-corrected chi connectivity index (χ4v) is 5.19. The van der Waals surface area contributed by atoms with Crippen LogP contribution in [0, 0.1) is 0 Å². The van der Waals surface area contributed by atoms with Gasteiger partial charge in [-0.05, 0) is 32.1 Å². The van der Waals surface area contributed by atoms with Crippen LogP contribution in [-0.4, -0.2) is 70.0 Å². The monoisotopic (exact) mass is 647 g/mol. The van der Waals surface area contributed by atoms with Crippen LogP contribution >= 0.6 is 7.82 Å². The summed E-state index contributed by atoms with van der Waals surface area (Å²) in [6, 6.07) is 0. The second-order valence-electron chi connectivity index (χ2n) is 12.9. The predicted octanol–water partition coefficient (Wildman–Crippen LogP) is 8.05. The van der Waals surface area contributed by atoms with E-state index in [1.54, 1.807) is 0 Å². The summed E-state index contributed by atoms with van der Waals surface area (Å²) in [4.78, 5) is 37.1. The normalized spacial score (nSPS) is 14.0. The van der Waals surface area contributed by atoms with E-state index in [4.69, 9.17) is 18.5 Å². The summed E-state index contributed by atoms with van der Waals surface area (Å²) in [5, 5.41) is 0. The number of hydrogen-bond donors (Lipinski definition) is 0. The fourth-order valence-electron chi connectivity index (χ4n) is 4.46. The molecule has 0 fully saturated rings. The number of quaternary nitrogens is 1. The molecule has 0 aliphatic carbocycles. The van der Waals surface area contributed by atoms with Gasteiger partial charge in [0.2, 0.25) is 0 Å². The molecule has 0 aromatic heterocycles. The van der Waals surface area contributed by atoms with Crippen molar-refractivity contribution in [2.24, 2.45) is 0 Å². The molecule has 0 aromatic rings. The number of carbonyl (C=O) groups excluding carboxylic acids is 2. The SMILES string of the molecule is CCCC/C=C/CCCCCCCC(=O)OC[C@H](COP(=O)([O-])OCC[N+](C)(C)C)OC(=O)CCCCCCCCCCC. The highest BCUT2D eigenvalue weighted by molar-refractivity contribution is 7.45. The lowest BCUT2D eigenvalue weighted by Crippen LogP contribution is -2.37. The summed E-state index contributed by atoms with van der Waals surface area (Å²) in [5.74, 6) is -0.849. The van der Waals surface area contributed by atoms with Crippen molar-refractivity contribution in [2.75, 3.05) is 47.5 Å². The van der Waals surface area contributed by atoms with Crippen LogP contribution in [0.1, 0.15) is 142 Å². The molecule has 0 heterocycles. The summed E-state index contributed by atoms with van der Waals surface area (Å²) in [6.45, 7) is 4.13. The van der Waals surface area contributed by atoms with Gasteiger partial charge in [-0.25, -0.2) is 0 Å². The van der Waals surface area contributed by atoms with Crippen LogP contribution in [0.2, 0.25) is 0 Å². The molecule has 0 aliphatic rings. The van der Waals surface area contributed by atoms with E-state index in [0.29, 0.717) is 17.4 Å². The number of rotatable bonds is 31. The van der Waals surface area contributed by atoms with Crippen LogP contribution in [0.5, 0.6) is 0 Å². The first-order valence-electron chi connectivity index (χ1n) is 17.4. The van der Waals surface area contributed by atoms with Gasteiger partial charge in [0.25, 0.3) is 7.82 Å². The molecule has 0 saturated carbocycles. The Hall–Kier alpha value is -1.25. The summed E-state index contributed by atoms with van der Waals surface area (Å²) in [7, 11) is 1.16. The van der Waals surface area contributed by atoms with Gasteiger partial charge in [-0.1, -0.05) is 109 Å². The molecular formula is C34H66NO8P. The number of allylic oxidation sites excluding steroid dienone is 2. The average Bonchev–Trinajstić information content (AvgIpc) is 2.95. The highest BCUT2D eigenvalue weighted by Gasteiger charge is 2.21. The summed E-state index contributed by atoms with van der Waals surface area (Å²) < 4.78 is 33.6. The van der Waals surface area contributed by atoms with E-state index in [0.717, 1.165) is 64.2 Å². The Morgan fingerprint density at radius 1 is 0.682 bits per heavy atom. The number of unbranched alkanes of at least 4 members (excludes halogenated alkanes) is 15. The standard InChI is InChI=1S/C34H66NO8P/c1-6-8-10-12-14-16-17-19-20-22-24-26-33(36)40-30-32(31-42-44(38,39)41-29-28-35(3,4)5)43-34(37)27-25-23-21-18-15-13-11-9-7-2/h12,14,32H,6-11,13,15-31H2,1-5H3/b14-12+/t32-/m1/s1. The topological polar surface area (TPSA) is 111 Å². The molecule has 0 aliphatic heterocycles. The Labute approximate surface area is 269 Å². The molecule has 1 unspecified atom stereocenters. The van der Waals surface area contributed by atoms with Gasteiger partial charge in [0, 0.05) is 12.8 Å². The van der Waals surface area contributed by atoms with Crippen LogP contribution < -0.4 is 4.89 Å². The third-order valence-electron chi connectivity index (χ3n) is 7.29. The molecule has 10 heteroatoms. The summed E-state index contributed by atoms with van der Waals surface area (Å²) >= 11 is 0. The van der Waals surface area contributed by atoms with Crippen molar-refractivity contribution in [2.45, 2.75) is 148 Å². The Balaban J connectivity index is 4.50. The lowest BCUT2D eigenvalue weighted by molar-refractivity contribution is -0.870. The number of phosphoric ester groups is 1. The molecule has 0 rings (SSSR count). The van der Waals surface area contributed by atoms with Crippen LogP contribution in [0.3, 0.4) is 0 Å². The van der Waals surface area contributed by atoms with Gasteiger partial charge < -0.3 is 27.9 Å². The van der Waals surface area contributed by atoms with Gasteiger partial charge in [-0.2, -0.15) is 0 Å². The highest BCUT2D eigenvalue weighted by Crippen LogP contribution is 2.38. The van der Waals surface area contributed by atoms with E-state index in [9.17, 15) is 19.0 Å². The fraction of sp³-hybridized carbons (Fsp3) is 0.882. The van der Waals surface area contributed by atoms with Gasteiger partial charge in [0.1, 0.15) is 19.8 Å². The zero-order chi connectivity index (χ0) is 32.9. The molecule has 0 radical (unpaired) electrons. The van der Waals surface area contributed by atoms with Crippen molar-refractivity contribution in [3.63, 3.8) is 0 Å². The van der Waals surface area contributed by atoms with Crippen molar-refractivity contribution in [3.8, 4) is 0 Å². The Morgan fingerprint density at radius 2 is 1.18 bits per heavy atom. The van der Waals surface area contributed by atoms with E-state index in [2.05, 4.69) is 26.0 Å². The first kappa shape index (κ1) is 42.8. The predicted molar refractivity (Wildman–Crippen MR) is 176 cm³/mol. The zero-order valence-electron chi connectivity index (χ0n) is 28.9. The number of esters is 2. The van der Waals surface area contributed by atoms with Gasteiger partial charge in [0.05, 0.1) is 27.7 Å². The first-order valence-corrected chi connectivity index (χ1v) is 18.9. The minimum atomic E-state index is -4.60. The van der Waals surface area contributed by atoms with Crippen LogP contribution in [-0.2, 0) is 32.7 Å². The van der Waals surface area contributed by atoms with E-state index in [1.807, 2.05) is 21.1 Å².